The van der Waals surface area contributed by atoms with E-state index in [4.69, 9.17) is 9.47 Å². The monoisotopic (exact) mass is 220 g/mol. The van der Waals surface area contributed by atoms with Crippen LogP contribution in [0.4, 0.5) is 0 Å². The summed E-state index contributed by atoms with van der Waals surface area (Å²) >= 11 is 0. The molecule has 0 aromatic heterocycles. The molecule has 0 unspecified atom stereocenters. The van der Waals surface area contributed by atoms with Gasteiger partial charge in [0.05, 0.1) is 6.61 Å². The van der Waals surface area contributed by atoms with E-state index in [9.17, 15) is 4.79 Å². The highest BCUT2D eigenvalue weighted by Gasteiger charge is 2.02. The van der Waals surface area contributed by atoms with Crippen LogP contribution < -0.4 is 0 Å². The van der Waals surface area contributed by atoms with Gasteiger partial charge in [-0.1, -0.05) is 30.8 Å². The van der Waals surface area contributed by atoms with Crippen molar-refractivity contribution in [3.63, 3.8) is 0 Å². The molecular formula is C13H16O3. The number of esters is 1. The van der Waals surface area contributed by atoms with Gasteiger partial charge in [0.2, 0.25) is 0 Å². The average molecular weight is 220 g/mol. The smallest absolute Gasteiger partial charge is 0.335 e. The summed E-state index contributed by atoms with van der Waals surface area (Å²) in [6.45, 7) is 7.49. The molecule has 0 saturated carbocycles. The largest absolute Gasteiger partial charge is 0.435 e. The minimum atomic E-state index is -0.426. The van der Waals surface area contributed by atoms with Crippen LogP contribution in [0.25, 0.3) is 0 Å². The summed E-state index contributed by atoms with van der Waals surface area (Å²) in [6, 6.07) is 7.92. The van der Waals surface area contributed by atoms with Crippen LogP contribution in [0.1, 0.15) is 18.1 Å². The summed E-state index contributed by atoms with van der Waals surface area (Å²) in [5, 5.41) is 0. The number of hydrogen-bond donors (Lipinski definition) is 0. The summed E-state index contributed by atoms with van der Waals surface area (Å²) in [5.74, 6) is -0.426. The Hall–Kier alpha value is -1.61. The Morgan fingerprint density at radius 3 is 2.69 bits per heavy atom. The van der Waals surface area contributed by atoms with Gasteiger partial charge in [-0.05, 0) is 25.0 Å². The van der Waals surface area contributed by atoms with Crippen molar-refractivity contribution in [2.75, 3.05) is 6.79 Å². The lowest BCUT2D eigenvalue weighted by Gasteiger charge is -2.07. The number of ether oxygens (including phenoxy) is 2. The number of hydrogen-bond acceptors (Lipinski definition) is 3. The topological polar surface area (TPSA) is 35.5 Å². The summed E-state index contributed by atoms with van der Waals surface area (Å²) in [6.07, 6.45) is 0. The lowest BCUT2D eigenvalue weighted by molar-refractivity contribution is -0.152. The van der Waals surface area contributed by atoms with Crippen molar-refractivity contribution in [2.45, 2.75) is 20.5 Å². The maximum atomic E-state index is 11.0. The van der Waals surface area contributed by atoms with Gasteiger partial charge >= 0.3 is 5.97 Å². The van der Waals surface area contributed by atoms with E-state index >= 15 is 0 Å². The first-order chi connectivity index (χ1) is 7.61. The van der Waals surface area contributed by atoms with Crippen molar-refractivity contribution in [2.24, 2.45) is 0 Å². The molecule has 3 heteroatoms. The summed E-state index contributed by atoms with van der Waals surface area (Å²) in [4.78, 5) is 11.0. The summed E-state index contributed by atoms with van der Waals surface area (Å²) < 4.78 is 10.0. The van der Waals surface area contributed by atoms with Crippen molar-refractivity contribution >= 4 is 5.97 Å². The Kier molecular flexibility index (Phi) is 4.73. The quantitative estimate of drug-likeness (QED) is 0.331. The molecule has 0 atom stereocenters. The van der Waals surface area contributed by atoms with Gasteiger partial charge in [-0.15, -0.1) is 0 Å². The second-order valence-electron chi connectivity index (χ2n) is 3.60. The minimum absolute atomic E-state index is 0.0416. The zero-order valence-corrected chi connectivity index (χ0v) is 9.66. The van der Waals surface area contributed by atoms with Gasteiger partial charge in [0.15, 0.2) is 6.79 Å². The molecule has 16 heavy (non-hydrogen) atoms. The fourth-order valence-electron chi connectivity index (χ4n) is 1.14. The lowest BCUT2D eigenvalue weighted by Crippen LogP contribution is -2.09. The van der Waals surface area contributed by atoms with Crippen molar-refractivity contribution < 1.29 is 14.3 Å². The molecule has 0 fully saturated rings. The number of benzene rings is 1. The van der Waals surface area contributed by atoms with Crippen LogP contribution in [0.15, 0.2) is 36.4 Å². The Bertz CT molecular complexity index is 383. The Labute approximate surface area is 95.7 Å². The van der Waals surface area contributed by atoms with E-state index in [0.29, 0.717) is 12.2 Å². The molecule has 86 valence electrons. The second kappa shape index (κ2) is 6.08. The predicted molar refractivity (Wildman–Crippen MR) is 61.7 cm³/mol. The molecule has 0 radical (unpaired) electrons. The fraction of sp³-hybridized carbons (Fsp3) is 0.308. The van der Waals surface area contributed by atoms with E-state index in [2.05, 4.69) is 6.58 Å². The lowest BCUT2D eigenvalue weighted by atomic mass is 10.1. The van der Waals surface area contributed by atoms with E-state index in [1.54, 1.807) is 6.92 Å². The highest BCUT2D eigenvalue weighted by Crippen LogP contribution is 2.08. The number of aryl methyl sites for hydroxylation is 1. The molecule has 0 bridgehead atoms. The zero-order chi connectivity index (χ0) is 12.0. The Morgan fingerprint density at radius 2 is 2.06 bits per heavy atom. The molecule has 1 aromatic carbocycles. The van der Waals surface area contributed by atoms with Crippen molar-refractivity contribution in [1.82, 2.24) is 0 Å². The molecule has 0 amide bonds. The summed E-state index contributed by atoms with van der Waals surface area (Å²) in [5.41, 5.74) is 2.63. The number of rotatable bonds is 5. The molecule has 1 aromatic rings. The predicted octanol–water partition coefficient (Wildman–Crippen LogP) is 2.59. The van der Waals surface area contributed by atoms with Crippen LogP contribution in [-0.4, -0.2) is 12.8 Å². The average Bonchev–Trinajstić information content (AvgIpc) is 2.26. The first kappa shape index (κ1) is 12.5. The van der Waals surface area contributed by atoms with Crippen molar-refractivity contribution in [1.29, 1.82) is 0 Å². The Morgan fingerprint density at radius 1 is 1.38 bits per heavy atom. The molecule has 0 heterocycles. The van der Waals surface area contributed by atoms with E-state index < -0.39 is 5.97 Å². The molecule has 0 aliphatic heterocycles. The molecule has 0 aliphatic rings. The molecule has 0 spiro atoms. The van der Waals surface area contributed by atoms with Gasteiger partial charge < -0.3 is 9.47 Å². The maximum absolute atomic E-state index is 11.0. The molecule has 0 N–H and O–H groups in total. The number of carbonyl (C=O) groups is 1. The van der Waals surface area contributed by atoms with Gasteiger partial charge in [0.25, 0.3) is 0 Å². The third-order valence-electron chi connectivity index (χ3n) is 2.14. The number of carbonyl (C=O) groups excluding carboxylic acids is 1. The van der Waals surface area contributed by atoms with Crippen LogP contribution in [0.2, 0.25) is 0 Å². The first-order valence-electron chi connectivity index (χ1n) is 5.06. The molecular weight excluding hydrogens is 204 g/mol. The van der Waals surface area contributed by atoms with Gasteiger partial charge in [-0.25, -0.2) is 4.79 Å². The fourth-order valence-corrected chi connectivity index (χ4v) is 1.14. The molecule has 1 rings (SSSR count). The molecule has 0 saturated heterocycles. The SMILES string of the molecule is C=C(C)C(=O)OCOCc1ccccc1C. The van der Waals surface area contributed by atoms with Gasteiger partial charge in [-0.3, -0.25) is 0 Å². The highest BCUT2D eigenvalue weighted by atomic mass is 16.7. The van der Waals surface area contributed by atoms with Crippen LogP contribution in [0.5, 0.6) is 0 Å². The van der Waals surface area contributed by atoms with Crippen LogP contribution in [0.3, 0.4) is 0 Å². The zero-order valence-electron chi connectivity index (χ0n) is 9.66. The minimum Gasteiger partial charge on any atom is -0.435 e. The maximum Gasteiger partial charge on any atom is 0.335 e. The van der Waals surface area contributed by atoms with E-state index in [0.717, 1.165) is 11.1 Å². The Balaban J connectivity index is 2.29. The summed E-state index contributed by atoms with van der Waals surface area (Å²) in [7, 11) is 0. The second-order valence-corrected chi connectivity index (χ2v) is 3.60. The van der Waals surface area contributed by atoms with Gasteiger partial charge in [0, 0.05) is 5.57 Å². The standard InChI is InChI=1S/C13H16O3/c1-10(2)13(14)16-9-15-8-12-7-5-4-6-11(12)3/h4-7H,1,8-9H2,2-3H3. The van der Waals surface area contributed by atoms with Crippen LogP contribution in [-0.2, 0) is 20.9 Å². The first-order valence-corrected chi connectivity index (χ1v) is 5.06. The molecule has 3 nitrogen and oxygen atoms in total. The van der Waals surface area contributed by atoms with Gasteiger partial charge in [-0.2, -0.15) is 0 Å². The van der Waals surface area contributed by atoms with Crippen molar-refractivity contribution in [3.05, 3.63) is 47.5 Å². The van der Waals surface area contributed by atoms with E-state index in [1.165, 1.54) is 0 Å². The highest BCUT2D eigenvalue weighted by molar-refractivity contribution is 5.86. The van der Waals surface area contributed by atoms with Crippen molar-refractivity contribution in [3.8, 4) is 0 Å². The van der Waals surface area contributed by atoms with Crippen LogP contribution >= 0.6 is 0 Å². The van der Waals surface area contributed by atoms with Gasteiger partial charge in [0.1, 0.15) is 0 Å². The van der Waals surface area contributed by atoms with E-state index in [-0.39, 0.29) is 6.79 Å². The third-order valence-corrected chi connectivity index (χ3v) is 2.14. The molecule has 0 aliphatic carbocycles. The van der Waals surface area contributed by atoms with Crippen LogP contribution in [0, 0.1) is 6.92 Å². The third kappa shape index (κ3) is 3.87. The normalized spacial score (nSPS) is 9.88. The van der Waals surface area contributed by atoms with E-state index in [1.807, 2.05) is 31.2 Å².